The highest BCUT2D eigenvalue weighted by molar-refractivity contribution is 7.13. The van der Waals surface area contributed by atoms with Crippen LogP contribution in [0.25, 0.3) is 0 Å². The number of carbonyl (C=O) groups is 1. The number of aliphatic hydroxyl groups excluding tert-OH is 1. The molecular weight excluding hydrogens is 428 g/mol. The predicted octanol–water partition coefficient (Wildman–Crippen LogP) is 6.44. The number of thiophene rings is 1. The zero-order chi connectivity index (χ0) is 22.1. The molecule has 3 nitrogen and oxygen atoms in total. The van der Waals surface area contributed by atoms with Gasteiger partial charge in [-0.15, -0.1) is 22.9 Å². The van der Waals surface area contributed by atoms with Crippen LogP contribution in [0.4, 0.5) is 0 Å². The molecule has 1 N–H and O–H groups in total. The van der Waals surface area contributed by atoms with E-state index in [1.54, 1.807) is 0 Å². The summed E-state index contributed by atoms with van der Waals surface area (Å²) in [6, 6.07) is 12.9. The SMILES string of the molecule is CCc1cccc(CCC[C@H]2CC[C@@H](Cl)[C@@H]2CCCc2ccc(C(=O)OCCO)s2)c1. The van der Waals surface area contributed by atoms with Crippen LogP contribution in [0.5, 0.6) is 0 Å². The Morgan fingerprint density at radius 3 is 2.74 bits per heavy atom. The van der Waals surface area contributed by atoms with Crippen LogP contribution in [0.15, 0.2) is 36.4 Å². The topological polar surface area (TPSA) is 46.5 Å². The van der Waals surface area contributed by atoms with Crippen molar-refractivity contribution in [2.45, 2.75) is 70.1 Å². The maximum atomic E-state index is 11.9. The van der Waals surface area contributed by atoms with Crippen LogP contribution in [-0.4, -0.2) is 29.7 Å². The molecule has 5 heteroatoms. The Morgan fingerprint density at radius 1 is 1.13 bits per heavy atom. The molecule has 0 radical (unpaired) electrons. The van der Waals surface area contributed by atoms with Crippen molar-refractivity contribution in [3.63, 3.8) is 0 Å². The lowest BCUT2D eigenvalue weighted by Gasteiger charge is -2.22. The molecule has 1 aliphatic rings. The standard InChI is InChI=1S/C26H35ClO3S/c1-2-19-6-3-7-20(18-19)8-4-9-21-12-14-24(27)23(21)11-5-10-22-13-15-25(31-22)26(29)30-17-16-28/h3,6-7,13,15,18,21,23-24,28H,2,4-5,8-12,14,16-17H2,1H3/t21-,23+,24+/m0/s1. The molecule has 1 fully saturated rings. The number of carbonyl (C=O) groups excluding carboxylic acids is 1. The Bertz CT molecular complexity index is 818. The molecule has 0 aliphatic heterocycles. The molecule has 31 heavy (non-hydrogen) atoms. The van der Waals surface area contributed by atoms with Crippen molar-refractivity contribution in [3.8, 4) is 0 Å². The van der Waals surface area contributed by atoms with Crippen LogP contribution in [0.3, 0.4) is 0 Å². The van der Waals surface area contributed by atoms with Gasteiger partial charge in [-0.25, -0.2) is 4.79 Å². The number of hydrogen-bond donors (Lipinski definition) is 1. The molecule has 0 saturated heterocycles. The number of halogens is 1. The smallest absolute Gasteiger partial charge is 0.348 e. The number of esters is 1. The Balaban J connectivity index is 1.42. The van der Waals surface area contributed by atoms with Crippen molar-refractivity contribution in [3.05, 3.63) is 57.3 Å². The van der Waals surface area contributed by atoms with Crippen LogP contribution in [0.2, 0.25) is 0 Å². The van der Waals surface area contributed by atoms with Gasteiger partial charge in [-0.3, -0.25) is 0 Å². The Hall–Kier alpha value is -1.36. The lowest BCUT2D eigenvalue weighted by molar-refractivity contribution is 0.0439. The van der Waals surface area contributed by atoms with E-state index in [0.717, 1.165) is 44.4 Å². The highest BCUT2D eigenvalue weighted by atomic mass is 35.5. The number of aryl methyl sites for hydroxylation is 3. The molecule has 0 bridgehead atoms. The largest absolute Gasteiger partial charge is 0.459 e. The first-order valence-electron chi connectivity index (χ1n) is 11.7. The lowest BCUT2D eigenvalue weighted by atomic mass is 9.86. The summed E-state index contributed by atoms with van der Waals surface area (Å²) in [5.74, 6) is 1.01. The van der Waals surface area contributed by atoms with Crippen molar-refractivity contribution in [2.75, 3.05) is 13.2 Å². The van der Waals surface area contributed by atoms with Gasteiger partial charge in [0.1, 0.15) is 11.5 Å². The number of benzene rings is 1. The molecule has 170 valence electrons. The molecule has 0 amide bonds. The number of alkyl halides is 1. The highest BCUT2D eigenvalue weighted by Crippen LogP contribution is 2.41. The first-order valence-corrected chi connectivity index (χ1v) is 12.9. The van der Waals surface area contributed by atoms with Gasteiger partial charge < -0.3 is 9.84 Å². The summed E-state index contributed by atoms with van der Waals surface area (Å²) in [6.07, 6.45) is 10.4. The molecule has 3 rings (SSSR count). The fourth-order valence-electron chi connectivity index (χ4n) is 4.79. The van der Waals surface area contributed by atoms with Gasteiger partial charge in [-0.1, -0.05) is 31.2 Å². The number of ether oxygens (including phenoxy) is 1. The number of aliphatic hydroxyl groups is 1. The van der Waals surface area contributed by atoms with E-state index >= 15 is 0 Å². The van der Waals surface area contributed by atoms with Crippen LogP contribution < -0.4 is 0 Å². The maximum Gasteiger partial charge on any atom is 0.348 e. The van der Waals surface area contributed by atoms with Crippen molar-refractivity contribution in [2.24, 2.45) is 11.8 Å². The van der Waals surface area contributed by atoms with Gasteiger partial charge in [0.05, 0.1) is 6.61 Å². The van der Waals surface area contributed by atoms with Crippen LogP contribution in [-0.2, 0) is 24.0 Å². The van der Waals surface area contributed by atoms with Crippen molar-refractivity contribution in [1.29, 1.82) is 0 Å². The zero-order valence-corrected chi connectivity index (χ0v) is 20.1. The summed E-state index contributed by atoms with van der Waals surface area (Å²) in [6.45, 7) is 2.12. The second-order valence-electron chi connectivity index (χ2n) is 8.60. The van der Waals surface area contributed by atoms with Crippen molar-refractivity contribution >= 4 is 28.9 Å². The minimum Gasteiger partial charge on any atom is -0.459 e. The Morgan fingerprint density at radius 2 is 1.94 bits per heavy atom. The summed E-state index contributed by atoms with van der Waals surface area (Å²) >= 11 is 8.21. The minimum absolute atomic E-state index is 0.0519. The van der Waals surface area contributed by atoms with Crippen molar-refractivity contribution < 1.29 is 14.6 Å². The summed E-state index contributed by atoms with van der Waals surface area (Å²) in [7, 11) is 0. The van der Waals surface area contributed by atoms with Crippen LogP contribution in [0.1, 0.15) is 71.1 Å². The van der Waals surface area contributed by atoms with E-state index in [-0.39, 0.29) is 19.2 Å². The van der Waals surface area contributed by atoms with E-state index in [4.69, 9.17) is 21.4 Å². The molecule has 1 heterocycles. The van der Waals surface area contributed by atoms with E-state index < -0.39 is 0 Å². The summed E-state index contributed by atoms with van der Waals surface area (Å²) in [5.41, 5.74) is 2.89. The summed E-state index contributed by atoms with van der Waals surface area (Å²) in [5, 5.41) is 9.08. The first kappa shape index (κ1) is 24.3. The van der Waals surface area contributed by atoms with Crippen molar-refractivity contribution in [1.82, 2.24) is 0 Å². The molecular formula is C26H35ClO3S. The number of hydrogen-bond acceptors (Lipinski definition) is 4. The van der Waals surface area contributed by atoms with E-state index in [0.29, 0.717) is 16.2 Å². The van der Waals surface area contributed by atoms with Gasteiger partial charge in [0.25, 0.3) is 0 Å². The molecule has 1 saturated carbocycles. The summed E-state index contributed by atoms with van der Waals surface area (Å²) in [4.78, 5) is 13.7. The van der Waals surface area contributed by atoms with Gasteiger partial charge in [0, 0.05) is 10.3 Å². The normalized spacial score (nSPS) is 20.8. The Kier molecular flexibility index (Phi) is 9.89. The van der Waals surface area contributed by atoms with Gasteiger partial charge in [0.2, 0.25) is 0 Å². The molecule has 3 atom stereocenters. The third-order valence-electron chi connectivity index (χ3n) is 6.47. The zero-order valence-electron chi connectivity index (χ0n) is 18.5. The molecule has 1 aromatic carbocycles. The Labute approximate surface area is 195 Å². The third-order valence-corrected chi connectivity index (χ3v) is 8.14. The highest BCUT2D eigenvalue weighted by Gasteiger charge is 2.33. The molecule has 2 aromatic rings. The summed E-state index contributed by atoms with van der Waals surface area (Å²) < 4.78 is 4.99. The van der Waals surface area contributed by atoms with E-state index in [2.05, 4.69) is 31.2 Å². The van der Waals surface area contributed by atoms with Crippen LogP contribution >= 0.6 is 22.9 Å². The van der Waals surface area contributed by atoms with Gasteiger partial charge in [-0.2, -0.15) is 0 Å². The fraction of sp³-hybridized carbons (Fsp3) is 0.577. The van der Waals surface area contributed by atoms with E-state index in [1.807, 2.05) is 12.1 Å². The predicted molar refractivity (Wildman–Crippen MR) is 129 cm³/mol. The quantitative estimate of drug-likeness (QED) is 0.291. The monoisotopic (exact) mass is 462 g/mol. The first-order chi connectivity index (χ1) is 15.1. The third kappa shape index (κ3) is 7.34. The second-order valence-corrected chi connectivity index (χ2v) is 10.3. The van der Waals surface area contributed by atoms with Gasteiger partial charge >= 0.3 is 5.97 Å². The minimum atomic E-state index is -0.341. The lowest BCUT2D eigenvalue weighted by Crippen LogP contribution is -2.16. The van der Waals surface area contributed by atoms with E-state index in [9.17, 15) is 4.79 Å². The maximum absolute atomic E-state index is 11.9. The molecule has 0 unspecified atom stereocenters. The molecule has 1 aliphatic carbocycles. The van der Waals surface area contributed by atoms with Crippen LogP contribution in [0, 0.1) is 11.8 Å². The molecule has 0 spiro atoms. The molecule has 1 aromatic heterocycles. The number of rotatable bonds is 12. The van der Waals surface area contributed by atoms with Gasteiger partial charge in [-0.05, 0) is 92.9 Å². The van der Waals surface area contributed by atoms with Gasteiger partial charge in [0.15, 0.2) is 0 Å². The van der Waals surface area contributed by atoms with E-state index in [1.165, 1.54) is 46.6 Å². The average Bonchev–Trinajstić information content (AvgIpc) is 3.40. The second kappa shape index (κ2) is 12.6. The average molecular weight is 463 g/mol. The fourth-order valence-corrected chi connectivity index (χ4v) is 6.19.